The largest absolute Gasteiger partial charge is 0.497 e. The van der Waals surface area contributed by atoms with E-state index in [9.17, 15) is 4.79 Å². The highest BCUT2D eigenvalue weighted by molar-refractivity contribution is 9.10. The van der Waals surface area contributed by atoms with E-state index >= 15 is 0 Å². The number of hydrazone groups is 1. The van der Waals surface area contributed by atoms with Gasteiger partial charge in [0.2, 0.25) is 0 Å². The molecule has 104 valence electrons. The Morgan fingerprint density at radius 1 is 1.25 bits per heavy atom. The van der Waals surface area contributed by atoms with Gasteiger partial charge in [-0.05, 0) is 64.8 Å². The van der Waals surface area contributed by atoms with Crippen molar-refractivity contribution >= 4 is 27.5 Å². The maximum absolute atomic E-state index is 11.7. The SMILES string of the molecule is COc1ccc(C(C)=NNC(=O)c2ccc(Br)o2)cc1. The van der Waals surface area contributed by atoms with Gasteiger partial charge in [-0.15, -0.1) is 0 Å². The number of furan rings is 1. The van der Waals surface area contributed by atoms with E-state index in [0.29, 0.717) is 10.4 Å². The van der Waals surface area contributed by atoms with Gasteiger partial charge in [-0.25, -0.2) is 5.43 Å². The fourth-order valence-corrected chi connectivity index (χ4v) is 1.83. The number of hydrogen-bond acceptors (Lipinski definition) is 4. The minimum atomic E-state index is -0.399. The van der Waals surface area contributed by atoms with E-state index in [1.165, 1.54) is 0 Å². The van der Waals surface area contributed by atoms with Crippen molar-refractivity contribution in [1.29, 1.82) is 0 Å². The van der Waals surface area contributed by atoms with Crippen molar-refractivity contribution in [1.82, 2.24) is 5.43 Å². The van der Waals surface area contributed by atoms with E-state index in [0.717, 1.165) is 11.3 Å². The Kier molecular flexibility index (Phi) is 4.57. The molecule has 6 heteroatoms. The summed E-state index contributed by atoms with van der Waals surface area (Å²) in [5, 5.41) is 4.04. The number of amides is 1. The van der Waals surface area contributed by atoms with Crippen molar-refractivity contribution in [3.63, 3.8) is 0 Å². The molecule has 0 atom stereocenters. The highest BCUT2D eigenvalue weighted by Crippen LogP contribution is 2.14. The summed E-state index contributed by atoms with van der Waals surface area (Å²) in [5.74, 6) is 0.567. The minimum absolute atomic E-state index is 0.197. The molecule has 2 aromatic rings. The summed E-state index contributed by atoms with van der Waals surface area (Å²) in [7, 11) is 1.61. The summed E-state index contributed by atoms with van der Waals surface area (Å²) in [6.07, 6.45) is 0. The van der Waals surface area contributed by atoms with Crippen molar-refractivity contribution in [3.8, 4) is 5.75 Å². The standard InChI is InChI=1S/C14H13BrN2O3/c1-9(10-3-5-11(19-2)6-4-10)16-17-14(18)12-7-8-13(15)20-12/h3-8H,1-2H3,(H,17,18). The van der Waals surface area contributed by atoms with Crippen LogP contribution >= 0.6 is 15.9 Å². The van der Waals surface area contributed by atoms with Crippen LogP contribution in [0.4, 0.5) is 0 Å². The Labute approximate surface area is 124 Å². The molecule has 1 N–H and O–H groups in total. The Morgan fingerprint density at radius 3 is 2.50 bits per heavy atom. The van der Waals surface area contributed by atoms with Crippen LogP contribution in [-0.2, 0) is 0 Å². The van der Waals surface area contributed by atoms with Gasteiger partial charge in [-0.3, -0.25) is 4.79 Å². The molecule has 2 rings (SSSR count). The first kappa shape index (κ1) is 14.3. The molecule has 1 aromatic heterocycles. The number of carbonyl (C=O) groups excluding carboxylic acids is 1. The van der Waals surface area contributed by atoms with Crippen molar-refractivity contribution in [2.75, 3.05) is 7.11 Å². The zero-order chi connectivity index (χ0) is 14.5. The molecule has 0 aliphatic heterocycles. The van der Waals surface area contributed by atoms with Gasteiger partial charge in [0, 0.05) is 0 Å². The fourth-order valence-electron chi connectivity index (χ4n) is 1.52. The van der Waals surface area contributed by atoms with Gasteiger partial charge < -0.3 is 9.15 Å². The van der Waals surface area contributed by atoms with Crippen LogP contribution in [0.25, 0.3) is 0 Å². The molecule has 0 saturated carbocycles. The van der Waals surface area contributed by atoms with Crippen LogP contribution in [0.2, 0.25) is 0 Å². The second-order valence-corrected chi connectivity index (χ2v) is 4.75. The molecule has 0 spiro atoms. The molecule has 20 heavy (non-hydrogen) atoms. The normalized spacial score (nSPS) is 11.2. The molecule has 0 bridgehead atoms. The molecule has 1 amide bonds. The third-order valence-corrected chi connectivity index (χ3v) is 3.06. The number of benzene rings is 1. The Morgan fingerprint density at radius 2 is 1.95 bits per heavy atom. The first-order chi connectivity index (χ1) is 9.60. The molecule has 5 nitrogen and oxygen atoms in total. The molecular weight excluding hydrogens is 324 g/mol. The number of methoxy groups -OCH3 is 1. The topological polar surface area (TPSA) is 63.8 Å². The Bertz CT molecular complexity index is 632. The van der Waals surface area contributed by atoms with Gasteiger partial charge in [0.15, 0.2) is 10.4 Å². The van der Waals surface area contributed by atoms with Crippen molar-refractivity contribution in [2.45, 2.75) is 6.92 Å². The second kappa shape index (κ2) is 6.38. The van der Waals surface area contributed by atoms with E-state index in [-0.39, 0.29) is 5.76 Å². The zero-order valence-electron chi connectivity index (χ0n) is 11.0. The minimum Gasteiger partial charge on any atom is -0.497 e. The maximum atomic E-state index is 11.7. The summed E-state index contributed by atoms with van der Waals surface area (Å²) in [4.78, 5) is 11.7. The van der Waals surface area contributed by atoms with Crippen LogP contribution in [0.5, 0.6) is 5.75 Å². The van der Waals surface area contributed by atoms with Crippen molar-refractivity contribution in [3.05, 3.63) is 52.4 Å². The lowest BCUT2D eigenvalue weighted by atomic mass is 10.1. The summed E-state index contributed by atoms with van der Waals surface area (Å²) in [5.41, 5.74) is 4.02. The maximum Gasteiger partial charge on any atom is 0.307 e. The summed E-state index contributed by atoms with van der Waals surface area (Å²) in [6.45, 7) is 1.81. The van der Waals surface area contributed by atoms with E-state index in [1.54, 1.807) is 26.2 Å². The van der Waals surface area contributed by atoms with Crippen molar-refractivity contribution in [2.24, 2.45) is 5.10 Å². The Balaban J connectivity index is 2.04. The average Bonchev–Trinajstić information content (AvgIpc) is 2.91. The quantitative estimate of drug-likeness (QED) is 0.688. The summed E-state index contributed by atoms with van der Waals surface area (Å²) < 4.78 is 10.7. The summed E-state index contributed by atoms with van der Waals surface area (Å²) >= 11 is 3.14. The number of halogens is 1. The molecule has 0 aliphatic rings. The van der Waals surface area contributed by atoms with Gasteiger partial charge in [-0.2, -0.15) is 5.10 Å². The third kappa shape index (κ3) is 3.48. The number of ether oxygens (including phenoxy) is 1. The second-order valence-electron chi connectivity index (χ2n) is 3.97. The molecular formula is C14H13BrN2O3. The zero-order valence-corrected chi connectivity index (χ0v) is 12.6. The van der Waals surface area contributed by atoms with E-state index in [4.69, 9.17) is 9.15 Å². The number of nitrogens with zero attached hydrogens (tertiary/aromatic N) is 1. The number of carbonyl (C=O) groups is 1. The van der Waals surface area contributed by atoms with Crippen LogP contribution in [0.1, 0.15) is 23.0 Å². The molecule has 1 aromatic carbocycles. The fraction of sp³-hybridized carbons (Fsp3) is 0.143. The molecule has 1 heterocycles. The van der Waals surface area contributed by atoms with Crippen LogP contribution < -0.4 is 10.2 Å². The average molecular weight is 337 g/mol. The first-order valence-electron chi connectivity index (χ1n) is 5.84. The van der Waals surface area contributed by atoms with Crippen LogP contribution in [0.15, 0.2) is 50.6 Å². The smallest absolute Gasteiger partial charge is 0.307 e. The number of hydrogen-bond donors (Lipinski definition) is 1. The van der Waals surface area contributed by atoms with Crippen LogP contribution in [-0.4, -0.2) is 18.7 Å². The van der Waals surface area contributed by atoms with Gasteiger partial charge in [0.1, 0.15) is 5.75 Å². The highest BCUT2D eigenvalue weighted by atomic mass is 79.9. The number of rotatable bonds is 4. The Hall–Kier alpha value is -2.08. The monoisotopic (exact) mass is 336 g/mol. The molecule has 0 unspecified atom stereocenters. The van der Waals surface area contributed by atoms with Gasteiger partial charge >= 0.3 is 5.91 Å². The van der Waals surface area contributed by atoms with Crippen LogP contribution in [0, 0.1) is 0 Å². The van der Waals surface area contributed by atoms with Gasteiger partial charge in [-0.1, -0.05) is 0 Å². The van der Waals surface area contributed by atoms with Gasteiger partial charge in [0.25, 0.3) is 0 Å². The predicted molar refractivity (Wildman–Crippen MR) is 79.1 cm³/mol. The lowest BCUT2D eigenvalue weighted by Gasteiger charge is -2.03. The van der Waals surface area contributed by atoms with E-state index in [1.807, 2.05) is 24.3 Å². The molecule has 0 radical (unpaired) electrons. The van der Waals surface area contributed by atoms with E-state index < -0.39 is 5.91 Å². The first-order valence-corrected chi connectivity index (χ1v) is 6.64. The van der Waals surface area contributed by atoms with Gasteiger partial charge in [0.05, 0.1) is 12.8 Å². The van der Waals surface area contributed by atoms with Crippen LogP contribution in [0.3, 0.4) is 0 Å². The third-order valence-electron chi connectivity index (χ3n) is 2.63. The lowest BCUT2D eigenvalue weighted by Crippen LogP contribution is -2.18. The molecule has 0 fully saturated rings. The summed E-state index contributed by atoms with van der Waals surface area (Å²) in [6, 6.07) is 10.6. The predicted octanol–water partition coefficient (Wildman–Crippen LogP) is 3.20. The molecule has 0 saturated heterocycles. The lowest BCUT2D eigenvalue weighted by molar-refractivity contribution is 0.0926. The number of nitrogens with one attached hydrogen (secondary N) is 1. The molecule has 0 aliphatic carbocycles. The highest BCUT2D eigenvalue weighted by Gasteiger charge is 2.09. The van der Waals surface area contributed by atoms with E-state index in [2.05, 4.69) is 26.5 Å². The van der Waals surface area contributed by atoms with Crippen molar-refractivity contribution < 1.29 is 13.9 Å².